The van der Waals surface area contributed by atoms with Crippen LogP contribution in [0.15, 0.2) is 84.0 Å². The molecule has 7 nitrogen and oxygen atoms in total. The van der Waals surface area contributed by atoms with Gasteiger partial charge in [0.2, 0.25) is 5.91 Å². The number of likely N-dealkylation sites (tertiary alicyclic amines) is 1. The summed E-state index contributed by atoms with van der Waals surface area (Å²) in [6.07, 6.45) is -3.18. The molecule has 5 rings (SSSR count). The molecule has 2 unspecified atom stereocenters. The van der Waals surface area contributed by atoms with E-state index in [2.05, 4.69) is 15.8 Å². The summed E-state index contributed by atoms with van der Waals surface area (Å²) in [5.74, 6) is -0.319. The van der Waals surface area contributed by atoms with E-state index in [1.54, 1.807) is 6.07 Å². The van der Waals surface area contributed by atoms with Crippen molar-refractivity contribution in [3.63, 3.8) is 0 Å². The molecule has 208 valence electrons. The average molecular weight is 551 g/mol. The van der Waals surface area contributed by atoms with Gasteiger partial charge >= 0.3 is 12.2 Å². The molecule has 1 fully saturated rings. The number of oxime groups is 1. The van der Waals surface area contributed by atoms with E-state index >= 15 is 0 Å². The van der Waals surface area contributed by atoms with E-state index in [1.807, 2.05) is 54.6 Å². The largest absolute Gasteiger partial charge is 0.416 e. The number of rotatable bonds is 7. The highest BCUT2D eigenvalue weighted by Crippen LogP contribution is 2.30. The van der Waals surface area contributed by atoms with Crippen molar-refractivity contribution in [2.24, 2.45) is 5.16 Å². The zero-order chi connectivity index (χ0) is 28.1. The maximum absolute atomic E-state index is 13.0. The molecular formula is C30H29F3N4O3. The van der Waals surface area contributed by atoms with Crippen molar-refractivity contribution < 1.29 is 27.6 Å². The van der Waals surface area contributed by atoms with Crippen LogP contribution < -0.4 is 10.6 Å². The Hall–Kier alpha value is -4.34. The quantitative estimate of drug-likeness (QED) is 0.416. The lowest BCUT2D eigenvalue weighted by molar-refractivity contribution is -0.137. The van der Waals surface area contributed by atoms with Crippen LogP contribution in [0.1, 0.15) is 36.0 Å². The Balaban J connectivity index is 1.08. The number of urea groups is 1. The van der Waals surface area contributed by atoms with E-state index in [4.69, 9.17) is 4.84 Å². The van der Waals surface area contributed by atoms with Crippen LogP contribution in [0.3, 0.4) is 0 Å². The number of carbonyl (C=O) groups is 2. The summed E-state index contributed by atoms with van der Waals surface area (Å²) >= 11 is 0. The van der Waals surface area contributed by atoms with Crippen LogP contribution in [0.5, 0.6) is 0 Å². The summed E-state index contributed by atoms with van der Waals surface area (Å²) in [4.78, 5) is 32.5. The van der Waals surface area contributed by atoms with Gasteiger partial charge in [0.05, 0.1) is 17.8 Å². The zero-order valence-corrected chi connectivity index (χ0v) is 21.7. The van der Waals surface area contributed by atoms with E-state index in [1.165, 1.54) is 11.0 Å². The van der Waals surface area contributed by atoms with E-state index in [9.17, 15) is 22.8 Å². The Morgan fingerprint density at radius 3 is 2.45 bits per heavy atom. The molecule has 3 aromatic carbocycles. The molecule has 3 aromatic rings. The Bertz CT molecular complexity index is 1380. The van der Waals surface area contributed by atoms with Crippen LogP contribution in [-0.2, 0) is 22.4 Å². The number of benzene rings is 3. The second kappa shape index (κ2) is 11.8. The number of amides is 3. The normalized spacial score (nSPS) is 19.1. The summed E-state index contributed by atoms with van der Waals surface area (Å²) in [6, 6.07) is 21.8. The highest BCUT2D eigenvalue weighted by molar-refractivity contribution is 6.01. The number of halogens is 3. The lowest BCUT2D eigenvalue weighted by atomic mass is 10.0. The first-order valence-electron chi connectivity index (χ1n) is 13.1. The number of hydrogen-bond donors (Lipinski definition) is 2. The van der Waals surface area contributed by atoms with Gasteiger partial charge in [-0.3, -0.25) is 4.79 Å². The Labute approximate surface area is 230 Å². The maximum Gasteiger partial charge on any atom is 0.416 e. The van der Waals surface area contributed by atoms with Crippen LogP contribution in [0.25, 0.3) is 11.1 Å². The summed E-state index contributed by atoms with van der Waals surface area (Å²) in [7, 11) is 0. The van der Waals surface area contributed by atoms with Crippen molar-refractivity contribution in [1.82, 2.24) is 15.5 Å². The highest BCUT2D eigenvalue weighted by Gasteiger charge is 2.33. The standard InChI is InChI=1S/C30H29F3N4O3/c31-30(32,33)24-9-4-6-20(16-24)19-37-15-5-10-26(28(37)38)35-29(39)34-18-25-17-27(36-40-25)23-13-11-22(12-14-23)21-7-2-1-3-8-21/h1-4,6-9,11-14,16,25-26H,5,10,15,17-19H2,(H2,34,35,39). The summed E-state index contributed by atoms with van der Waals surface area (Å²) < 4.78 is 39.1. The molecule has 0 aromatic heterocycles. The molecule has 2 aliphatic rings. The predicted octanol–water partition coefficient (Wildman–Crippen LogP) is 5.36. The summed E-state index contributed by atoms with van der Waals surface area (Å²) in [5.41, 5.74) is 3.59. The second-order valence-electron chi connectivity index (χ2n) is 9.92. The molecule has 10 heteroatoms. The molecule has 0 bridgehead atoms. The van der Waals surface area contributed by atoms with Crippen molar-refractivity contribution in [3.8, 4) is 11.1 Å². The number of nitrogens with one attached hydrogen (secondary N) is 2. The Morgan fingerprint density at radius 1 is 0.975 bits per heavy atom. The molecule has 3 amide bonds. The number of piperidine rings is 1. The fraction of sp³-hybridized carbons (Fsp3) is 0.300. The minimum absolute atomic E-state index is 0.0465. The molecule has 2 atom stereocenters. The summed E-state index contributed by atoms with van der Waals surface area (Å²) in [6.45, 7) is 0.665. The zero-order valence-electron chi connectivity index (χ0n) is 21.7. The topological polar surface area (TPSA) is 83.0 Å². The van der Waals surface area contributed by atoms with Crippen LogP contribution in [0.2, 0.25) is 0 Å². The minimum Gasteiger partial charge on any atom is -0.390 e. The molecule has 2 N–H and O–H groups in total. The third-order valence-electron chi connectivity index (χ3n) is 7.01. The van der Waals surface area contributed by atoms with E-state index in [0.717, 1.165) is 34.5 Å². The maximum atomic E-state index is 13.0. The van der Waals surface area contributed by atoms with Crippen LogP contribution in [-0.4, -0.2) is 47.8 Å². The van der Waals surface area contributed by atoms with Crippen LogP contribution in [0.4, 0.5) is 18.0 Å². The van der Waals surface area contributed by atoms with Crippen LogP contribution >= 0.6 is 0 Å². The lowest BCUT2D eigenvalue weighted by Crippen LogP contribution is -2.54. The van der Waals surface area contributed by atoms with Gasteiger partial charge in [0.15, 0.2) is 6.10 Å². The Morgan fingerprint density at radius 2 is 1.70 bits per heavy atom. The van der Waals surface area contributed by atoms with E-state index in [0.29, 0.717) is 31.4 Å². The van der Waals surface area contributed by atoms with Gasteiger partial charge in [0.1, 0.15) is 6.04 Å². The van der Waals surface area contributed by atoms with Crippen molar-refractivity contribution >= 4 is 17.6 Å². The van der Waals surface area contributed by atoms with Gasteiger partial charge in [0, 0.05) is 19.5 Å². The fourth-order valence-corrected chi connectivity index (χ4v) is 4.91. The van der Waals surface area contributed by atoms with Crippen LogP contribution in [0, 0.1) is 0 Å². The molecule has 2 aliphatic heterocycles. The molecule has 0 radical (unpaired) electrons. The molecule has 0 aliphatic carbocycles. The summed E-state index contributed by atoms with van der Waals surface area (Å²) in [5, 5.41) is 9.61. The lowest BCUT2D eigenvalue weighted by Gasteiger charge is -2.33. The van der Waals surface area contributed by atoms with Gasteiger partial charge in [-0.05, 0) is 47.2 Å². The highest BCUT2D eigenvalue weighted by atomic mass is 19.4. The molecule has 0 saturated carbocycles. The number of carbonyl (C=O) groups excluding carboxylic acids is 2. The van der Waals surface area contributed by atoms with Gasteiger partial charge in [-0.25, -0.2) is 4.79 Å². The smallest absolute Gasteiger partial charge is 0.390 e. The number of alkyl halides is 3. The average Bonchev–Trinajstić information content (AvgIpc) is 3.44. The molecular weight excluding hydrogens is 521 g/mol. The van der Waals surface area contributed by atoms with Gasteiger partial charge < -0.3 is 20.4 Å². The molecule has 40 heavy (non-hydrogen) atoms. The van der Waals surface area contributed by atoms with Crippen molar-refractivity contribution in [2.45, 2.75) is 44.1 Å². The number of nitrogens with zero attached hydrogens (tertiary/aromatic N) is 2. The van der Waals surface area contributed by atoms with Gasteiger partial charge in [0.25, 0.3) is 0 Å². The third kappa shape index (κ3) is 6.62. The third-order valence-corrected chi connectivity index (χ3v) is 7.01. The second-order valence-corrected chi connectivity index (χ2v) is 9.92. The first-order valence-corrected chi connectivity index (χ1v) is 13.1. The molecule has 1 saturated heterocycles. The first-order chi connectivity index (χ1) is 19.3. The van der Waals surface area contributed by atoms with Gasteiger partial charge in [-0.15, -0.1) is 0 Å². The fourth-order valence-electron chi connectivity index (χ4n) is 4.91. The SMILES string of the molecule is O=C(NCC1CC(c2ccc(-c3ccccc3)cc2)=NO1)NC1CCCN(Cc2cccc(C(F)(F)F)c2)C1=O. The van der Waals surface area contributed by atoms with E-state index in [-0.39, 0.29) is 25.1 Å². The Kier molecular flexibility index (Phi) is 8.04. The predicted molar refractivity (Wildman–Crippen MR) is 144 cm³/mol. The molecule has 0 spiro atoms. The minimum atomic E-state index is -4.45. The van der Waals surface area contributed by atoms with Gasteiger partial charge in [-0.1, -0.05) is 71.9 Å². The van der Waals surface area contributed by atoms with E-state index < -0.39 is 23.8 Å². The first kappa shape index (κ1) is 27.2. The monoisotopic (exact) mass is 550 g/mol. The molecule has 2 heterocycles. The van der Waals surface area contributed by atoms with Crippen molar-refractivity contribution in [2.75, 3.05) is 13.1 Å². The number of hydrogen-bond acceptors (Lipinski definition) is 4. The van der Waals surface area contributed by atoms with Crippen molar-refractivity contribution in [1.29, 1.82) is 0 Å². The van der Waals surface area contributed by atoms with Gasteiger partial charge in [-0.2, -0.15) is 13.2 Å². The van der Waals surface area contributed by atoms with Crippen molar-refractivity contribution in [3.05, 3.63) is 95.6 Å².